The Hall–Kier alpha value is -1.55. The highest BCUT2D eigenvalue weighted by atomic mass is 16.5. The minimum atomic E-state index is 0.257. The van der Waals surface area contributed by atoms with Gasteiger partial charge in [0.05, 0.1) is 13.2 Å². The van der Waals surface area contributed by atoms with Crippen LogP contribution in [-0.2, 0) is 16.0 Å². The standard InChI is InChI=1S/C15H20N2O2/c18-15(17-9-11-19-12-10-17)6-8-16-7-5-13-3-1-2-4-14(13)16/h1-4H,5-12H2. The van der Waals surface area contributed by atoms with Crippen molar-refractivity contribution in [3.05, 3.63) is 29.8 Å². The fourth-order valence-electron chi connectivity index (χ4n) is 2.84. The first-order valence-electron chi connectivity index (χ1n) is 7.03. The lowest BCUT2D eigenvalue weighted by molar-refractivity contribution is -0.135. The SMILES string of the molecule is O=C(CCN1CCc2ccccc21)N1CCOCC1. The summed E-state index contributed by atoms with van der Waals surface area (Å²) in [5.74, 6) is 0.257. The molecule has 4 heteroatoms. The van der Waals surface area contributed by atoms with Crippen LogP contribution < -0.4 is 4.90 Å². The summed E-state index contributed by atoms with van der Waals surface area (Å²) in [5, 5.41) is 0. The number of nitrogens with zero attached hydrogens (tertiary/aromatic N) is 2. The summed E-state index contributed by atoms with van der Waals surface area (Å²) in [6, 6.07) is 8.49. The van der Waals surface area contributed by atoms with E-state index in [4.69, 9.17) is 4.74 Å². The highest BCUT2D eigenvalue weighted by Gasteiger charge is 2.21. The average molecular weight is 260 g/mol. The fraction of sp³-hybridized carbons (Fsp3) is 0.533. The smallest absolute Gasteiger partial charge is 0.224 e. The summed E-state index contributed by atoms with van der Waals surface area (Å²) >= 11 is 0. The third kappa shape index (κ3) is 2.73. The molecule has 19 heavy (non-hydrogen) atoms. The second-order valence-electron chi connectivity index (χ2n) is 5.11. The number of amides is 1. The van der Waals surface area contributed by atoms with Crippen molar-refractivity contribution < 1.29 is 9.53 Å². The number of anilines is 1. The van der Waals surface area contributed by atoms with Crippen LogP contribution in [0.1, 0.15) is 12.0 Å². The predicted molar refractivity (Wildman–Crippen MR) is 74.4 cm³/mol. The summed E-state index contributed by atoms with van der Waals surface area (Å²) in [5.41, 5.74) is 2.71. The van der Waals surface area contributed by atoms with E-state index in [0.29, 0.717) is 19.6 Å². The van der Waals surface area contributed by atoms with E-state index in [1.54, 1.807) is 0 Å². The third-order valence-corrected chi connectivity index (χ3v) is 3.94. The van der Waals surface area contributed by atoms with E-state index in [9.17, 15) is 4.79 Å². The summed E-state index contributed by atoms with van der Waals surface area (Å²) < 4.78 is 5.27. The molecule has 0 saturated carbocycles. The summed E-state index contributed by atoms with van der Waals surface area (Å²) in [7, 11) is 0. The molecule has 102 valence electrons. The highest BCUT2D eigenvalue weighted by molar-refractivity contribution is 5.77. The fourth-order valence-corrected chi connectivity index (χ4v) is 2.84. The largest absolute Gasteiger partial charge is 0.378 e. The number of hydrogen-bond acceptors (Lipinski definition) is 3. The van der Waals surface area contributed by atoms with Gasteiger partial charge < -0.3 is 14.5 Å². The molecule has 3 rings (SSSR count). The van der Waals surface area contributed by atoms with Gasteiger partial charge in [-0.15, -0.1) is 0 Å². The van der Waals surface area contributed by atoms with Gasteiger partial charge in [0.2, 0.25) is 5.91 Å². The number of para-hydroxylation sites is 1. The first kappa shape index (κ1) is 12.5. The van der Waals surface area contributed by atoms with Gasteiger partial charge in [0, 0.05) is 38.3 Å². The van der Waals surface area contributed by atoms with Crippen molar-refractivity contribution in [2.75, 3.05) is 44.3 Å². The predicted octanol–water partition coefficient (Wildman–Crippen LogP) is 1.30. The maximum Gasteiger partial charge on any atom is 0.224 e. The Morgan fingerprint density at radius 2 is 1.95 bits per heavy atom. The van der Waals surface area contributed by atoms with Gasteiger partial charge >= 0.3 is 0 Å². The molecule has 1 aromatic carbocycles. The topological polar surface area (TPSA) is 32.8 Å². The number of ether oxygens (including phenoxy) is 1. The zero-order chi connectivity index (χ0) is 13.1. The zero-order valence-corrected chi connectivity index (χ0v) is 11.2. The van der Waals surface area contributed by atoms with Crippen molar-refractivity contribution in [2.45, 2.75) is 12.8 Å². The van der Waals surface area contributed by atoms with Gasteiger partial charge in [0.15, 0.2) is 0 Å². The zero-order valence-electron chi connectivity index (χ0n) is 11.2. The molecule has 0 radical (unpaired) electrons. The van der Waals surface area contributed by atoms with Crippen molar-refractivity contribution in [1.29, 1.82) is 0 Å². The molecule has 1 fully saturated rings. The summed E-state index contributed by atoms with van der Waals surface area (Å²) in [6.45, 7) is 4.71. The van der Waals surface area contributed by atoms with E-state index >= 15 is 0 Å². The number of carbonyl (C=O) groups is 1. The maximum atomic E-state index is 12.1. The van der Waals surface area contributed by atoms with E-state index in [1.807, 2.05) is 4.90 Å². The number of hydrogen-bond donors (Lipinski definition) is 0. The number of rotatable bonds is 3. The number of benzene rings is 1. The third-order valence-electron chi connectivity index (χ3n) is 3.94. The van der Waals surface area contributed by atoms with Crippen molar-refractivity contribution in [3.63, 3.8) is 0 Å². The molecule has 1 amide bonds. The molecule has 0 bridgehead atoms. The number of fused-ring (bicyclic) bond motifs is 1. The van der Waals surface area contributed by atoms with Crippen molar-refractivity contribution in [3.8, 4) is 0 Å². The molecule has 0 atom stereocenters. The van der Waals surface area contributed by atoms with Gasteiger partial charge in [-0.25, -0.2) is 0 Å². The lowest BCUT2D eigenvalue weighted by atomic mass is 10.2. The second-order valence-corrected chi connectivity index (χ2v) is 5.11. The first-order chi connectivity index (χ1) is 9.34. The van der Waals surface area contributed by atoms with Gasteiger partial charge in [0.25, 0.3) is 0 Å². The number of carbonyl (C=O) groups excluding carboxylic acids is 1. The van der Waals surface area contributed by atoms with Crippen LogP contribution in [0.2, 0.25) is 0 Å². The molecular weight excluding hydrogens is 240 g/mol. The molecule has 1 saturated heterocycles. The van der Waals surface area contributed by atoms with Crippen LogP contribution in [0.25, 0.3) is 0 Å². The molecule has 0 aliphatic carbocycles. The van der Waals surface area contributed by atoms with Gasteiger partial charge in [-0.3, -0.25) is 4.79 Å². The van der Waals surface area contributed by atoms with E-state index in [2.05, 4.69) is 29.2 Å². The van der Waals surface area contributed by atoms with Gasteiger partial charge in [-0.2, -0.15) is 0 Å². The van der Waals surface area contributed by atoms with Gasteiger partial charge in [-0.1, -0.05) is 18.2 Å². The van der Waals surface area contributed by atoms with Crippen LogP contribution in [0.5, 0.6) is 0 Å². The molecular formula is C15H20N2O2. The van der Waals surface area contributed by atoms with Crippen molar-refractivity contribution in [1.82, 2.24) is 4.90 Å². The molecule has 4 nitrogen and oxygen atoms in total. The molecule has 0 N–H and O–H groups in total. The van der Waals surface area contributed by atoms with E-state index in [-0.39, 0.29) is 5.91 Å². The Balaban J connectivity index is 1.54. The van der Waals surface area contributed by atoms with Crippen LogP contribution in [-0.4, -0.2) is 50.2 Å². The monoisotopic (exact) mass is 260 g/mol. The van der Waals surface area contributed by atoms with Crippen LogP contribution in [0, 0.1) is 0 Å². The van der Waals surface area contributed by atoms with Crippen molar-refractivity contribution >= 4 is 11.6 Å². The van der Waals surface area contributed by atoms with E-state index in [0.717, 1.165) is 32.6 Å². The van der Waals surface area contributed by atoms with E-state index in [1.165, 1.54) is 11.3 Å². The van der Waals surface area contributed by atoms with E-state index < -0.39 is 0 Å². The Bertz CT molecular complexity index is 455. The highest BCUT2D eigenvalue weighted by Crippen LogP contribution is 2.27. The quantitative estimate of drug-likeness (QED) is 0.821. The minimum absolute atomic E-state index is 0.257. The lowest BCUT2D eigenvalue weighted by Crippen LogP contribution is -2.41. The Morgan fingerprint density at radius 1 is 1.16 bits per heavy atom. The lowest BCUT2D eigenvalue weighted by Gasteiger charge is -2.28. The van der Waals surface area contributed by atoms with Crippen LogP contribution >= 0.6 is 0 Å². The van der Waals surface area contributed by atoms with Crippen LogP contribution in [0.4, 0.5) is 5.69 Å². The average Bonchev–Trinajstić information content (AvgIpc) is 2.89. The van der Waals surface area contributed by atoms with Crippen molar-refractivity contribution in [2.24, 2.45) is 0 Å². The molecule has 2 aliphatic heterocycles. The molecule has 0 unspecified atom stereocenters. The summed E-state index contributed by atoms with van der Waals surface area (Å²) in [6.07, 6.45) is 1.70. The molecule has 0 aromatic heterocycles. The normalized spacial score (nSPS) is 18.5. The molecule has 2 aliphatic rings. The van der Waals surface area contributed by atoms with Gasteiger partial charge in [-0.05, 0) is 18.1 Å². The Labute approximate surface area is 113 Å². The number of morpholine rings is 1. The Kier molecular flexibility index (Phi) is 3.69. The van der Waals surface area contributed by atoms with Crippen LogP contribution in [0.3, 0.4) is 0 Å². The maximum absolute atomic E-state index is 12.1. The second kappa shape index (κ2) is 5.61. The molecule has 0 spiro atoms. The van der Waals surface area contributed by atoms with Gasteiger partial charge in [0.1, 0.15) is 0 Å². The minimum Gasteiger partial charge on any atom is -0.378 e. The first-order valence-corrected chi connectivity index (χ1v) is 7.03. The summed E-state index contributed by atoms with van der Waals surface area (Å²) in [4.78, 5) is 16.4. The molecule has 2 heterocycles. The Morgan fingerprint density at radius 3 is 2.79 bits per heavy atom. The molecule has 1 aromatic rings. The van der Waals surface area contributed by atoms with Crippen LogP contribution in [0.15, 0.2) is 24.3 Å².